The number of aliphatic imine (C=N–C) groups is 1. The molecule has 1 aliphatic rings. The Morgan fingerprint density at radius 1 is 1.38 bits per heavy atom. The summed E-state index contributed by atoms with van der Waals surface area (Å²) >= 11 is 5.20. The summed E-state index contributed by atoms with van der Waals surface area (Å²) in [6, 6.07) is 1.90. The quantitative estimate of drug-likeness (QED) is 0.442. The predicted octanol–water partition coefficient (Wildman–Crippen LogP) is 0.186. The van der Waals surface area contributed by atoms with Gasteiger partial charge >= 0.3 is 0 Å². The number of piperazine rings is 1. The molecule has 0 bridgehead atoms. The number of thiocarbonyl (C=S) groups is 1. The van der Waals surface area contributed by atoms with E-state index in [2.05, 4.69) is 30.1 Å². The van der Waals surface area contributed by atoms with Gasteiger partial charge in [-0.3, -0.25) is 4.90 Å². The minimum Gasteiger partial charge on any atom is -0.395 e. The van der Waals surface area contributed by atoms with Crippen LogP contribution >= 0.6 is 12.2 Å². The molecule has 132 valence electrons. The Hall–Kier alpha value is -1.84. The van der Waals surface area contributed by atoms with Gasteiger partial charge in [-0.2, -0.15) is 0 Å². The zero-order valence-electron chi connectivity index (χ0n) is 14.4. The molecule has 0 atom stereocenters. The molecule has 0 radical (unpaired) electrons. The van der Waals surface area contributed by atoms with Gasteiger partial charge in [-0.1, -0.05) is 0 Å². The summed E-state index contributed by atoms with van der Waals surface area (Å²) in [6.07, 6.45) is 1.64. The second-order valence-electron chi connectivity index (χ2n) is 5.85. The summed E-state index contributed by atoms with van der Waals surface area (Å²) in [5.74, 6) is 2.22. The molecule has 0 saturated carbocycles. The maximum Gasteiger partial charge on any atom is 0.199 e. The summed E-state index contributed by atoms with van der Waals surface area (Å²) < 4.78 is 0. The third-order valence-corrected chi connectivity index (χ3v) is 3.79. The number of anilines is 2. The van der Waals surface area contributed by atoms with Crippen molar-refractivity contribution in [2.24, 2.45) is 4.99 Å². The third kappa shape index (κ3) is 5.66. The van der Waals surface area contributed by atoms with E-state index in [0.29, 0.717) is 16.8 Å². The smallest absolute Gasteiger partial charge is 0.199 e. The maximum absolute atomic E-state index is 9.03. The first-order valence-electron chi connectivity index (χ1n) is 7.93. The van der Waals surface area contributed by atoms with Crippen LogP contribution in [0.15, 0.2) is 11.1 Å². The molecule has 8 nitrogen and oxygen atoms in total. The standard InChI is InChI=1S/C15H25N7OS/c1-12-17-13(19-15(24)16-11-20(2)3)10-14(18-12)22-6-4-21(5-7-22)8-9-23/h10-11,23H,4-9H2,1-3H3,(H,17,18,19,24). The van der Waals surface area contributed by atoms with Gasteiger partial charge in [0.25, 0.3) is 0 Å². The second kappa shape index (κ2) is 8.86. The van der Waals surface area contributed by atoms with Crippen molar-refractivity contribution in [3.05, 3.63) is 11.9 Å². The van der Waals surface area contributed by atoms with Crippen molar-refractivity contribution in [3.63, 3.8) is 0 Å². The highest BCUT2D eigenvalue weighted by Crippen LogP contribution is 2.18. The largest absolute Gasteiger partial charge is 0.395 e. The summed E-state index contributed by atoms with van der Waals surface area (Å²) in [6.45, 7) is 6.37. The van der Waals surface area contributed by atoms with Crippen molar-refractivity contribution >= 4 is 35.3 Å². The summed E-state index contributed by atoms with van der Waals surface area (Å²) in [7, 11) is 3.77. The van der Waals surface area contributed by atoms with Crippen LogP contribution in [0.3, 0.4) is 0 Å². The molecule has 0 aromatic carbocycles. The molecule has 2 N–H and O–H groups in total. The number of nitrogens with one attached hydrogen (secondary N) is 1. The Bertz CT molecular complexity index is 585. The summed E-state index contributed by atoms with van der Waals surface area (Å²) in [4.78, 5) is 19.3. The van der Waals surface area contributed by atoms with Crippen molar-refractivity contribution in [3.8, 4) is 0 Å². The van der Waals surface area contributed by atoms with Gasteiger partial charge in [-0.25, -0.2) is 15.0 Å². The van der Waals surface area contributed by atoms with Crippen LogP contribution in [-0.4, -0.2) is 89.8 Å². The fourth-order valence-corrected chi connectivity index (χ4v) is 2.58. The molecular formula is C15H25N7OS. The van der Waals surface area contributed by atoms with Crippen LogP contribution in [0.5, 0.6) is 0 Å². The van der Waals surface area contributed by atoms with Gasteiger partial charge < -0.3 is 20.2 Å². The zero-order chi connectivity index (χ0) is 17.5. The Morgan fingerprint density at radius 2 is 2.08 bits per heavy atom. The highest BCUT2D eigenvalue weighted by molar-refractivity contribution is 7.80. The average molecular weight is 351 g/mol. The minimum absolute atomic E-state index is 0.200. The average Bonchev–Trinajstić information content (AvgIpc) is 2.53. The first-order chi connectivity index (χ1) is 11.5. The number of rotatable bonds is 5. The van der Waals surface area contributed by atoms with Crippen molar-refractivity contribution < 1.29 is 5.11 Å². The van der Waals surface area contributed by atoms with Gasteiger partial charge in [0.05, 0.1) is 12.9 Å². The number of aryl methyl sites for hydroxylation is 1. The number of hydrogen-bond acceptors (Lipinski definition) is 6. The topological polar surface area (TPSA) is 80.1 Å². The van der Waals surface area contributed by atoms with Gasteiger partial charge in [0, 0.05) is 52.9 Å². The van der Waals surface area contributed by atoms with Gasteiger partial charge in [0.1, 0.15) is 17.5 Å². The fraction of sp³-hybridized carbons (Fsp3) is 0.600. The van der Waals surface area contributed by atoms with E-state index in [1.54, 1.807) is 6.34 Å². The van der Waals surface area contributed by atoms with Crippen LogP contribution in [0.1, 0.15) is 5.82 Å². The third-order valence-electron chi connectivity index (χ3n) is 3.58. The molecular weight excluding hydrogens is 326 g/mol. The minimum atomic E-state index is 0.200. The Labute approximate surface area is 148 Å². The van der Waals surface area contributed by atoms with E-state index in [1.807, 2.05) is 32.0 Å². The van der Waals surface area contributed by atoms with Crippen molar-refractivity contribution in [1.29, 1.82) is 0 Å². The lowest BCUT2D eigenvalue weighted by Gasteiger charge is -2.35. The van der Waals surface area contributed by atoms with E-state index >= 15 is 0 Å². The van der Waals surface area contributed by atoms with E-state index < -0.39 is 0 Å². The number of aliphatic hydroxyl groups excluding tert-OH is 1. The van der Waals surface area contributed by atoms with Crippen LogP contribution in [0, 0.1) is 6.92 Å². The Balaban J connectivity index is 2.02. The molecule has 1 aromatic heterocycles. The maximum atomic E-state index is 9.03. The lowest BCUT2D eigenvalue weighted by molar-refractivity contribution is 0.188. The molecule has 24 heavy (non-hydrogen) atoms. The number of nitrogens with zero attached hydrogens (tertiary/aromatic N) is 6. The number of hydrogen-bond donors (Lipinski definition) is 2. The van der Waals surface area contributed by atoms with Crippen LogP contribution < -0.4 is 10.2 Å². The normalized spacial score (nSPS) is 15.8. The van der Waals surface area contributed by atoms with Gasteiger partial charge in [0.15, 0.2) is 5.11 Å². The molecule has 9 heteroatoms. The van der Waals surface area contributed by atoms with Crippen molar-refractivity contribution in [1.82, 2.24) is 19.8 Å². The van der Waals surface area contributed by atoms with Gasteiger partial charge in [0.2, 0.25) is 0 Å². The highest BCUT2D eigenvalue weighted by Gasteiger charge is 2.18. The van der Waals surface area contributed by atoms with Crippen LogP contribution in [0.25, 0.3) is 0 Å². The van der Waals surface area contributed by atoms with E-state index in [-0.39, 0.29) is 6.61 Å². The number of aliphatic hydroxyl groups is 1. The number of β-amino-alcohol motifs (C(OH)–C–C–N with tert-alkyl or cyclic N) is 1. The molecule has 1 saturated heterocycles. The molecule has 1 aromatic rings. The summed E-state index contributed by atoms with van der Waals surface area (Å²) in [5, 5.41) is 12.4. The van der Waals surface area contributed by atoms with Crippen LogP contribution in [0.2, 0.25) is 0 Å². The van der Waals surface area contributed by atoms with Crippen LogP contribution in [-0.2, 0) is 0 Å². The molecule has 0 spiro atoms. The monoisotopic (exact) mass is 351 g/mol. The van der Waals surface area contributed by atoms with Crippen molar-refractivity contribution in [2.45, 2.75) is 6.92 Å². The van der Waals surface area contributed by atoms with E-state index in [4.69, 9.17) is 17.3 Å². The molecule has 2 rings (SSSR count). The van der Waals surface area contributed by atoms with Gasteiger partial charge in [-0.05, 0) is 19.1 Å². The van der Waals surface area contributed by atoms with Crippen molar-refractivity contribution in [2.75, 3.05) is 63.6 Å². The zero-order valence-corrected chi connectivity index (χ0v) is 15.3. The summed E-state index contributed by atoms with van der Waals surface area (Å²) in [5.41, 5.74) is 0. The van der Waals surface area contributed by atoms with Gasteiger partial charge in [-0.15, -0.1) is 0 Å². The predicted molar refractivity (Wildman–Crippen MR) is 101 cm³/mol. The SMILES string of the molecule is Cc1nc(NC(=S)N=CN(C)C)cc(N2CCN(CCO)CC2)n1. The first kappa shape index (κ1) is 18.5. The second-order valence-corrected chi connectivity index (χ2v) is 6.24. The molecule has 0 unspecified atom stereocenters. The van der Waals surface area contributed by atoms with E-state index in [9.17, 15) is 0 Å². The number of aromatic nitrogens is 2. The molecule has 0 aliphatic carbocycles. The lowest BCUT2D eigenvalue weighted by Crippen LogP contribution is -2.47. The Kier molecular flexibility index (Phi) is 6.83. The molecule has 1 aliphatic heterocycles. The van der Waals surface area contributed by atoms with E-state index in [1.165, 1.54) is 0 Å². The first-order valence-corrected chi connectivity index (χ1v) is 8.34. The van der Waals surface area contributed by atoms with Crippen LogP contribution in [0.4, 0.5) is 11.6 Å². The van der Waals surface area contributed by atoms with E-state index in [0.717, 1.165) is 38.5 Å². The Morgan fingerprint density at radius 3 is 2.71 bits per heavy atom. The lowest BCUT2D eigenvalue weighted by atomic mass is 10.3. The molecule has 1 fully saturated rings. The highest BCUT2D eigenvalue weighted by atomic mass is 32.1. The molecule has 0 amide bonds. The fourth-order valence-electron chi connectivity index (χ4n) is 2.43. The molecule has 2 heterocycles.